The predicted molar refractivity (Wildman–Crippen MR) is 95.6 cm³/mol. The highest BCUT2D eigenvalue weighted by Gasteiger charge is 2.33. The van der Waals surface area contributed by atoms with Crippen LogP contribution in [0.5, 0.6) is 5.75 Å². The Morgan fingerprint density at radius 3 is 2.39 bits per heavy atom. The molecule has 0 radical (unpaired) electrons. The van der Waals surface area contributed by atoms with E-state index < -0.39 is 27.0 Å². The van der Waals surface area contributed by atoms with Crippen molar-refractivity contribution in [2.75, 3.05) is 6.54 Å². The average Bonchev–Trinajstić information content (AvgIpc) is 3.10. The van der Waals surface area contributed by atoms with E-state index in [0.717, 1.165) is 17.8 Å². The third-order valence-electron chi connectivity index (χ3n) is 3.70. The number of rotatable bonds is 7. The molecule has 2 aromatic carbocycles. The fourth-order valence-corrected chi connectivity index (χ4v) is 3.65. The first-order valence-corrected chi connectivity index (χ1v) is 9.67. The molecule has 148 valence electrons. The Balaban J connectivity index is 1.66. The minimum Gasteiger partial charge on any atom is -0.404 e. The van der Waals surface area contributed by atoms with Crippen molar-refractivity contribution in [1.29, 1.82) is 0 Å². The summed E-state index contributed by atoms with van der Waals surface area (Å²) in [6.45, 7) is -0.0332. The SMILES string of the molecule is O=S(=O)(NCCc1ccn(-c2ccccc2)n1)c1ccccc1OC(F)(F)F. The van der Waals surface area contributed by atoms with E-state index in [9.17, 15) is 21.6 Å². The van der Waals surface area contributed by atoms with Gasteiger partial charge in [-0.25, -0.2) is 17.8 Å². The fraction of sp³-hybridized carbons (Fsp3) is 0.167. The number of alkyl halides is 3. The number of sulfonamides is 1. The van der Waals surface area contributed by atoms with E-state index in [0.29, 0.717) is 5.69 Å². The average molecular weight is 411 g/mol. The molecule has 6 nitrogen and oxygen atoms in total. The van der Waals surface area contributed by atoms with E-state index >= 15 is 0 Å². The monoisotopic (exact) mass is 411 g/mol. The van der Waals surface area contributed by atoms with Gasteiger partial charge in [0, 0.05) is 19.2 Å². The summed E-state index contributed by atoms with van der Waals surface area (Å²) in [4.78, 5) is -0.581. The molecule has 1 N–H and O–H groups in total. The molecule has 0 fully saturated rings. The largest absolute Gasteiger partial charge is 0.573 e. The molecular weight excluding hydrogens is 395 g/mol. The van der Waals surface area contributed by atoms with Crippen molar-refractivity contribution in [3.05, 3.63) is 72.6 Å². The maximum Gasteiger partial charge on any atom is 0.573 e. The Labute approximate surface area is 159 Å². The zero-order valence-corrected chi connectivity index (χ0v) is 15.2. The highest BCUT2D eigenvalue weighted by atomic mass is 32.2. The molecule has 0 aliphatic carbocycles. The quantitative estimate of drug-likeness (QED) is 0.648. The Kier molecular flexibility index (Phi) is 5.71. The fourth-order valence-electron chi connectivity index (χ4n) is 2.49. The molecule has 10 heteroatoms. The van der Waals surface area contributed by atoms with Crippen LogP contribution in [0, 0.1) is 0 Å². The van der Waals surface area contributed by atoms with Gasteiger partial charge in [0.1, 0.15) is 10.6 Å². The third-order valence-corrected chi connectivity index (χ3v) is 5.20. The van der Waals surface area contributed by atoms with Crippen molar-refractivity contribution >= 4 is 10.0 Å². The van der Waals surface area contributed by atoms with Gasteiger partial charge in [-0.1, -0.05) is 30.3 Å². The van der Waals surface area contributed by atoms with Crippen molar-refractivity contribution in [2.45, 2.75) is 17.7 Å². The molecule has 0 saturated heterocycles. The van der Waals surface area contributed by atoms with Gasteiger partial charge in [0.25, 0.3) is 0 Å². The standard InChI is InChI=1S/C18H16F3N3O3S/c19-18(20,21)27-16-8-4-5-9-17(16)28(25,26)22-12-10-14-11-13-24(23-14)15-6-2-1-3-7-15/h1-9,11,13,22H,10,12H2. The van der Waals surface area contributed by atoms with Crippen LogP contribution in [0.2, 0.25) is 0 Å². The first-order chi connectivity index (χ1) is 13.2. The lowest BCUT2D eigenvalue weighted by Crippen LogP contribution is -2.27. The number of nitrogens with zero attached hydrogens (tertiary/aromatic N) is 2. The van der Waals surface area contributed by atoms with Crippen molar-refractivity contribution in [3.8, 4) is 11.4 Å². The molecule has 0 spiro atoms. The molecule has 3 aromatic rings. The van der Waals surface area contributed by atoms with E-state index in [2.05, 4.69) is 14.6 Å². The Morgan fingerprint density at radius 2 is 1.68 bits per heavy atom. The first-order valence-electron chi connectivity index (χ1n) is 8.19. The number of halogens is 3. The smallest absolute Gasteiger partial charge is 0.404 e. The van der Waals surface area contributed by atoms with Crippen LogP contribution in [0.25, 0.3) is 5.69 Å². The number of para-hydroxylation sites is 2. The van der Waals surface area contributed by atoms with Crippen LogP contribution in [-0.2, 0) is 16.4 Å². The van der Waals surface area contributed by atoms with E-state index in [-0.39, 0.29) is 13.0 Å². The molecule has 0 aliphatic heterocycles. The molecule has 0 atom stereocenters. The van der Waals surface area contributed by atoms with Crippen molar-refractivity contribution in [1.82, 2.24) is 14.5 Å². The number of hydrogen-bond donors (Lipinski definition) is 1. The number of ether oxygens (including phenoxy) is 1. The second-order valence-corrected chi connectivity index (χ2v) is 7.46. The van der Waals surface area contributed by atoms with Crippen LogP contribution in [0.15, 0.2) is 71.8 Å². The predicted octanol–water partition coefficient (Wildman–Crippen LogP) is 3.29. The molecule has 0 unspecified atom stereocenters. The van der Waals surface area contributed by atoms with Gasteiger partial charge in [-0.15, -0.1) is 13.2 Å². The van der Waals surface area contributed by atoms with Crippen LogP contribution >= 0.6 is 0 Å². The highest BCUT2D eigenvalue weighted by Crippen LogP contribution is 2.29. The van der Waals surface area contributed by atoms with E-state index in [1.807, 2.05) is 30.3 Å². The summed E-state index contributed by atoms with van der Waals surface area (Å²) in [5.74, 6) is -0.782. The van der Waals surface area contributed by atoms with Gasteiger partial charge in [-0.2, -0.15) is 5.10 Å². The minimum atomic E-state index is -4.99. The molecule has 28 heavy (non-hydrogen) atoms. The summed E-state index contributed by atoms with van der Waals surface area (Å²) in [6, 6.07) is 15.7. The molecule has 1 heterocycles. The van der Waals surface area contributed by atoms with E-state index in [4.69, 9.17) is 0 Å². The normalized spacial score (nSPS) is 12.1. The lowest BCUT2D eigenvalue weighted by atomic mass is 10.3. The van der Waals surface area contributed by atoms with Crippen LogP contribution in [0.3, 0.4) is 0 Å². The number of aromatic nitrogens is 2. The van der Waals surface area contributed by atoms with Crippen LogP contribution < -0.4 is 9.46 Å². The second kappa shape index (κ2) is 8.03. The van der Waals surface area contributed by atoms with Crippen molar-refractivity contribution in [2.24, 2.45) is 0 Å². The van der Waals surface area contributed by atoms with Gasteiger partial charge in [0.2, 0.25) is 10.0 Å². The number of benzene rings is 2. The topological polar surface area (TPSA) is 73.2 Å². The van der Waals surface area contributed by atoms with Gasteiger partial charge in [0.05, 0.1) is 11.4 Å². The van der Waals surface area contributed by atoms with Crippen LogP contribution in [0.4, 0.5) is 13.2 Å². The highest BCUT2D eigenvalue weighted by molar-refractivity contribution is 7.89. The lowest BCUT2D eigenvalue weighted by molar-refractivity contribution is -0.275. The van der Waals surface area contributed by atoms with Gasteiger partial charge in [-0.3, -0.25) is 0 Å². The van der Waals surface area contributed by atoms with E-state index in [1.165, 1.54) is 12.1 Å². The molecule has 0 aliphatic rings. The number of nitrogens with one attached hydrogen (secondary N) is 1. The maximum absolute atomic E-state index is 12.5. The summed E-state index contributed by atoms with van der Waals surface area (Å²) in [6.07, 6.45) is -2.98. The molecular formula is C18H16F3N3O3S. The van der Waals surface area contributed by atoms with Crippen LogP contribution in [-0.4, -0.2) is 31.1 Å². The summed E-state index contributed by atoms with van der Waals surface area (Å²) < 4.78 is 69.9. The maximum atomic E-state index is 12.5. The zero-order chi connectivity index (χ0) is 20.2. The summed E-state index contributed by atoms with van der Waals surface area (Å²) >= 11 is 0. The van der Waals surface area contributed by atoms with Gasteiger partial charge in [-0.05, 0) is 30.3 Å². The molecule has 0 saturated carbocycles. The molecule has 0 amide bonds. The molecule has 1 aromatic heterocycles. The Bertz CT molecular complexity index is 1030. The lowest BCUT2D eigenvalue weighted by Gasteiger charge is -2.13. The van der Waals surface area contributed by atoms with E-state index in [1.54, 1.807) is 16.9 Å². The third kappa shape index (κ3) is 5.11. The Morgan fingerprint density at radius 1 is 1.00 bits per heavy atom. The number of hydrogen-bond acceptors (Lipinski definition) is 4. The van der Waals surface area contributed by atoms with Crippen molar-refractivity contribution in [3.63, 3.8) is 0 Å². The van der Waals surface area contributed by atoms with Crippen LogP contribution in [0.1, 0.15) is 5.69 Å². The second-order valence-electron chi connectivity index (χ2n) is 5.73. The van der Waals surface area contributed by atoms with Gasteiger partial charge < -0.3 is 4.74 Å². The molecule has 0 bridgehead atoms. The van der Waals surface area contributed by atoms with Crippen molar-refractivity contribution < 1.29 is 26.3 Å². The minimum absolute atomic E-state index is 0.0332. The summed E-state index contributed by atoms with van der Waals surface area (Å²) in [5, 5.41) is 4.35. The van der Waals surface area contributed by atoms with Gasteiger partial charge in [0.15, 0.2) is 0 Å². The van der Waals surface area contributed by atoms with Gasteiger partial charge >= 0.3 is 6.36 Å². The first kappa shape index (κ1) is 19.9. The molecule has 3 rings (SSSR count). The summed E-state index contributed by atoms with van der Waals surface area (Å²) in [5.41, 5.74) is 1.49. The zero-order valence-electron chi connectivity index (χ0n) is 14.4. The Hall–Kier alpha value is -2.85. The summed E-state index contributed by atoms with van der Waals surface area (Å²) in [7, 11) is -4.19.